The van der Waals surface area contributed by atoms with E-state index in [2.05, 4.69) is 27.4 Å². The van der Waals surface area contributed by atoms with Gasteiger partial charge < -0.3 is 5.32 Å². The summed E-state index contributed by atoms with van der Waals surface area (Å²) < 4.78 is 1.62. The van der Waals surface area contributed by atoms with Crippen LogP contribution >= 0.6 is 0 Å². The Bertz CT molecular complexity index is 1120. The van der Waals surface area contributed by atoms with Crippen molar-refractivity contribution in [3.8, 4) is 5.69 Å². The van der Waals surface area contributed by atoms with Gasteiger partial charge >= 0.3 is 0 Å². The Morgan fingerprint density at radius 3 is 2.41 bits per heavy atom. The Morgan fingerprint density at radius 1 is 0.938 bits per heavy atom. The third-order valence-electron chi connectivity index (χ3n) is 5.87. The SMILES string of the molecule is Cc1cc(=O)c(C(=O)NCc2cccc(CN3CCCCCC3)c2)nn1-c1ccccc1. The van der Waals surface area contributed by atoms with E-state index < -0.39 is 5.91 Å². The number of aromatic nitrogens is 2. The monoisotopic (exact) mass is 430 g/mol. The van der Waals surface area contributed by atoms with E-state index in [-0.39, 0.29) is 11.1 Å². The fraction of sp³-hybridized carbons (Fsp3) is 0.346. The van der Waals surface area contributed by atoms with Crippen LogP contribution in [0.1, 0.15) is 53.0 Å². The van der Waals surface area contributed by atoms with Gasteiger partial charge in [0.15, 0.2) is 5.69 Å². The predicted octanol–water partition coefficient (Wildman–Crippen LogP) is 3.85. The molecule has 32 heavy (non-hydrogen) atoms. The van der Waals surface area contributed by atoms with Gasteiger partial charge in [0.1, 0.15) is 0 Å². The molecule has 1 aromatic heterocycles. The summed E-state index contributed by atoms with van der Waals surface area (Å²) in [6.45, 7) is 5.39. The molecule has 0 unspecified atom stereocenters. The maximum absolute atomic E-state index is 12.8. The smallest absolute Gasteiger partial charge is 0.276 e. The molecule has 4 rings (SSSR count). The molecule has 0 aliphatic carbocycles. The third kappa shape index (κ3) is 5.51. The van der Waals surface area contributed by atoms with Gasteiger partial charge in [-0.3, -0.25) is 14.5 Å². The van der Waals surface area contributed by atoms with E-state index in [9.17, 15) is 9.59 Å². The first-order valence-corrected chi connectivity index (χ1v) is 11.3. The molecule has 3 aromatic rings. The fourth-order valence-corrected chi connectivity index (χ4v) is 4.19. The second-order valence-corrected chi connectivity index (χ2v) is 8.44. The second-order valence-electron chi connectivity index (χ2n) is 8.44. The molecule has 0 spiro atoms. The number of para-hydroxylation sites is 1. The molecule has 2 heterocycles. The van der Waals surface area contributed by atoms with Gasteiger partial charge in [-0.1, -0.05) is 55.3 Å². The van der Waals surface area contributed by atoms with Crippen molar-refractivity contribution in [2.75, 3.05) is 13.1 Å². The Labute approximate surface area is 188 Å². The largest absolute Gasteiger partial charge is 0.346 e. The molecular weight excluding hydrogens is 400 g/mol. The van der Waals surface area contributed by atoms with E-state index in [1.807, 2.05) is 42.5 Å². The molecule has 1 aliphatic rings. The topological polar surface area (TPSA) is 67.2 Å². The minimum Gasteiger partial charge on any atom is -0.346 e. The quantitative estimate of drug-likeness (QED) is 0.645. The van der Waals surface area contributed by atoms with Crippen molar-refractivity contribution in [3.63, 3.8) is 0 Å². The van der Waals surface area contributed by atoms with E-state index >= 15 is 0 Å². The van der Waals surface area contributed by atoms with Gasteiger partial charge in [-0.15, -0.1) is 0 Å². The summed E-state index contributed by atoms with van der Waals surface area (Å²) in [5.74, 6) is -0.461. The first kappa shape index (κ1) is 22.0. The molecule has 166 valence electrons. The van der Waals surface area contributed by atoms with Crippen LogP contribution in [0.4, 0.5) is 0 Å². The van der Waals surface area contributed by atoms with Crippen molar-refractivity contribution in [1.82, 2.24) is 20.0 Å². The average Bonchev–Trinajstić information content (AvgIpc) is 3.07. The maximum Gasteiger partial charge on any atom is 0.276 e. The summed E-state index contributed by atoms with van der Waals surface area (Å²) in [4.78, 5) is 27.7. The van der Waals surface area contributed by atoms with Crippen LogP contribution in [0.2, 0.25) is 0 Å². The highest BCUT2D eigenvalue weighted by atomic mass is 16.2. The van der Waals surface area contributed by atoms with E-state index in [0.29, 0.717) is 12.2 Å². The number of nitrogens with zero attached hydrogens (tertiary/aromatic N) is 3. The van der Waals surface area contributed by atoms with E-state index in [1.165, 1.54) is 37.3 Å². The van der Waals surface area contributed by atoms with Crippen molar-refractivity contribution in [2.24, 2.45) is 0 Å². The summed E-state index contributed by atoms with van der Waals surface area (Å²) in [6, 6.07) is 19.2. The van der Waals surface area contributed by atoms with Crippen molar-refractivity contribution in [1.29, 1.82) is 0 Å². The number of carbonyl (C=O) groups excluding carboxylic acids is 1. The van der Waals surface area contributed by atoms with Crippen molar-refractivity contribution >= 4 is 5.91 Å². The molecule has 1 aliphatic heterocycles. The van der Waals surface area contributed by atoms with Crippen LogP contribution in [0.25, 0.3) is 5.69 Å². The van der Waals surface area contributed by atoms with E-state index in [4.69, 9.17) is 0 Å². The molecule has 0 saturated carbocycles. The maximum atomic E-state index is 12.8. The van der Waals surface area contributed by atoms with Crippen molar-refractivity contribution in [3.05, 3.63) is 93.4 Å². The third-order valence-corrected chi connectivity index (χ3v) is 5.87. The van der Waals surface area contributed by atoms with Gasteiger partial charge in [0.05, 0.1) is 5.69 Å². The van der Waals surface area contributed by atoms with Crippen molar-refractivity contribution < 1.29 is 4.79 Å². The van der Waals surface area contributed by atoms with Crippen LogP contribution in [0.5, 0.6) is 0 Å². The molecular formula is C26H30N4O2. The number of amides is 1. The van der Waals surface area contributed by atoms with Crippen LogP contribution in [0.15, 0.2) is 65.5 Å². The van der Waals surface area contributed by atoms with Crippen LogP contribution in [0, 0.1) is 6.92 Å². The zero-order chi connectivity index (χ0) is 22.3. The summed E-state index contributed by atoms with van der Waals surface area (Å²) in [5.41, 5.74) is 3.28. The molecule has 1 saturated heterocycles. The number of benzene rings is 2. The minimum atomic E-state index is -0.461. The average molecular weight is 431 g/mol. The lowest BCUT2D eigenvalue weighted by Crippen LogP contribution is -2.31. The van der Waals surface area contributed by atoms with Crippen LogP contribution in [-0.4, -0.2) is 33.7 Å². The van der Waals surface area contributed by atoms with Crippen LogP contribution in [0.3, 0.4) is 0 Å². The Morgan fingerprint density at radius 2 is 1.66 bits per heavy atom. The molecule has 2 aromatic carbocycles. The van der Waals surface area contributed by atoms with Gasteiger partial charge in [0.25, 0.3) is 5.91 Å². The van der Waals surface area contributed by atoms with Gasteiger partial charge in [0.2, 0.25) is 5.43 Å². The molecule has 1 amide bonds. The first-order valence-electron chi connectivity index (χ1n) is 11.3. The number of rotatable bonds is 6. The predicted molar refractivity (Wildman–Crippen MR) is 126 cm³/mol. The Kier molecular flexibility index (Phi) is 7.12. The lowest BCUT2D eigenvalue weighted by atomic mass is 10.1. The van der Waals surface area contributed by atoms with E-state index in [1.54, 1.807) is 11.6 Å². The summed E-state index contributed by atoms with van der Waals surface area (Å²) in [5, 5.41) is 7.21. The van der Waals surface area contributed by atoms with Gasteiger partial charge in [0, 0.05) is 24.8 Å². The Hall–Kier alpha value is -3.25. The second kappa shape index (κ2) is 10.4. The number of nitrogens with one attached hydrogen (secondary N) is 1. The normalized spacial score (nSPS) is 14.7. The Balaban J connectivity index is 1.44. The lowest BCUT2D eigenvalue weighted by Gasteiger charge is -2.20. The fourth-order valence-electron chi connectivity index (χ4n) is 4.19. The molecule has 1 N–H and O–H groups in total. The summed E-state index contributed by atoms with van der Waals surface area (Å²) in [6.07, 6.45) is 5.17. The number of likely N-dealkylation sites (tertiary alicyclic amines) is 1. The first-order chi connectivity index (χ1) is 15.6. The van der Waals surface area contributed by atoms with Gasteiger partial charge in [-0.25, -0.2) is 4.68 Å². The van der Waals surface area contributed by atoms with Gasteiger partial charge in [-0.05, 0) is 56.1 Å². The molecule has 0 atom stereocenters. The standard InChI is InChI=1S/C26H30N4O2/c1-20-16-24(31)25(28-30(20)23-12-5-4-6-13-23)26(32)27-18-21-10-9-11-22(17-21)19-29-14-7-2-3-8-15-29/h4-6,9-13,16-17H,2-3,7-8,14-15,18-19H2,1H3,(H,27,32). The van der Waals surface area contributed by atoms with Crippen LogP contribution in [-0.2, 0) is 13.1 Å². The van der Waals surface area contributed by atoms with Crippen LogP contribution < -0.4 is 10.7 Å². The molecule has 1 fully saturated rings. The molecule has 6 heteroatoms. The zero-order valence-corrected chi connectivity index (χ0v) is 18.6. The van der Waals surface area contributed by atoms with Crippen molar-refractivity contribution in [2.45, 2.75) is 45.7 Å². The number of hydrogen-bond acceptors (Lipinski definition) is 4. The highest BCUT2D eigenvalue weighted by molar-refractivity contribution is 5.92. The molecule has 0 bridgehead atoms. The number of carbonyl (C=O) groups is 1. The number of hydrogen-bond donors (Lipinski definition) is 1. The van der Waals surface area contributed by atoms with E-state index in [0.717, 1.165) is 30.9 Å². The molecule has 6 nitrogen and oxygen atoms in total. The highest BCUT2D eigenvalue weighted by Gasteiger charge is 2.15. The summed E-state index contributed by atoms with van der Waals surface area (Å²) >= 11 is 0. The highest BCUT2D eigenvalue weighted by Crippen LogP contribution is 2.14. The lowest BCUT2D eigenvalue weighted by molar-refractivity contribution is 0.0943. The number of aryl methyl sites for hydroxylation is 1. The summed E-state index contributed by atoms with van der Waals surface area (Å²) in [7, 11) is 0. The molecule has 0 radical (unpaired) electrons. The van der Waals surface area contributed by atoms with Gasteiger partial charge in [-0.2, -0.15) is 5.10 Å². The minimum absolute atomic E-state index is 0.0971. The zero-order valence-electron chi connectivity index (χ0n) is 18.6.